The molecule has 1 aliphatic carbocycles. The molecule has 0 radical (unpaired) electrons. The molecule has 48 valence electrons. The molecule has 0 saturated carbocycles. The smallest absolute Gasteiger partial charge is 0.132 e. The summed E-state index contributed by atoms with van der Waals surface area (Å²) in [5, 5.41) is 16.8. The number of rotatable bonds is 0. The third-order valence-electron chi connectivity index (χ3n) is 1.44. The van der Waals surface area contributed by atoms with Crippen molar-refractivity contribution in [2.75, 3.05) is 0 Å². The molecule has 0 saturated heterocycles. The molecule has 0 N–H and O–H groups in total. The molecule has 0 bridgehead atoms. The fraction of sp³-hybridized carbons (Fsp3) is 0.250. The van der Waals surface area contributed by atoms with E-state index < -0.39 is 0 Å². The predicted molar refractivity (Wildman–Crippen MR) is 36.6 cm³/mol. The normalized spacial score (nSPS) is 14.4. The summed E-state index contributed by atoms with van der Waals surface area (Å²) >= 11 is 0. The minimum Gasteiger partial charge on any atom is -0.192 e. The average molecular weight is 130 g/mol. The standard InChI is InChI=1S/C8H6N2/c9-5-8(6-10)7-3-1-2-4-7/h1,3H,2,4H2. The van der Waals surface area contributed by atoms with Crippen LogP contribution >= 0.6 is 0 Å². The Balaban J connectivity index is 2.97. The summed E-state index contributed by atoms with van der Waals surface area (Å²) in [6.07, 6.45) is 5.63. The molecule has 2 heteroatoms. The highest BCUT2D eigenvalue weighted by molar-refractivity contribution is 5.46. The monoisotopic (exact) mass is 130 g/mol. The highest BCUT2D eigenvalue weighted by Gasteiger charge is 2.05. The summed E-state index contributed by atoms with van der Waals surface area (Å²) in [7, 11) is 0. The zero-order valence-corrected chi connectivity index (χ0v) is 5.46. The van der Waals surface area contributed by atoms with Crippen molar-refractivity contribution in [3.05, 3.63) is 23.3 Å². The SMILES string of the molecule is N#CC(C#N)=C1C=CCC1. The van der Waals surface area contributed by atoms with E-state index in [1.807, 2.05) is 24.3 Å². The number of nitrogens with zero attached hydrogens (tertiary/aromatic N) is 2. The van der Waals surface area contributed by atoms with Gasteiger partial charge in [0.1, 0.15) is 17.7 Å². The van der Waals surface area contributed by atoms with Crippen LogP contribution in [0.4, 0.5) is 0 Å². The second kappa shape index (κ2) is 2.85. The van der Waals surface area contributed by atoms with Crippen LogP contribution in [0.25, 0.3) is 0 Å². The van der Waals surface area contributed by atoms with E-state index in [1.54, 1.807) is 0 Å². The Morgan fingerprint density at radius 3 is 2.50 bits per heavy atom. The zero-order chi connectivity index (χ0) is 7.40. The molecule has 0 atom stereocenters. The lowest BCUT2D eigenvalue weighted by atomic mass is 10.1. The molecule has 1 aliphatic rings. The van der Waals surface area contributed by atoms with Crippen molar-refractivity contribution in [3.63, 3.8) is 0 Å². The molecule has 0 fully saturated rings. The van der Waals surface area contributed by atoms with E-state index in [-0.39, 0.29) is 5.57 Å². The van der Waals surface area contributed by atoms with Gasteiger partial charge in [0, 0.05) is 0 Å². The van der Waals surface area contributed by atoms with Gasteiger partial charge in [0.2, 0.25) is 0 Å². The number of allylic oxidation sites excluding steroid dienone is 4. The molecule has 1 rings (SSSR count). The van der Waals surface area contributed by atoms with Crippen LogP contribution in [0, 0.1) is 22.7 Å². The van der Waals surface area contributed by atoms with Crippen LogP contribution in [-0.4, -0.2) is 0 Å². The summed E-state index contributed by atoms with van der Waals surface area (Å²) in [5.41, 5.74) is 1.14. The fourth-order valence-corrected chi connectivity index (χ4v) is 0.925. The molecule has 0 aromatic rings. The van der Waals surface area contributed by atoms with E-state index in [1.165, 1.54) is 0 Å². The van der Waals surface area contributed by atoms with Gasteiger partial charge in [-0.25, -0.2) is 0 Å². The van der Waals surface area contributed by atoms with E-state index in [4.69, 9.17) is 10.5 Å². The van der Waals surface area contributed by atoms with Gasteiger partial charge in [-0.1, -0.05) is 12.2 Å². The van der Waals surface area contributed by atoms with Crippen LogP contribution in [0.3, 0.4) is 0 Å². The molecule has 2 nitrogen and oxygen atoms in total. The Labute approximate surface area is 59.7 Å². The quantitative estimate of drug-likeness (QED) is 0.468. The van der Waals surface area contributed by atoms with E-state index in [0.29, 0.717) is 0 Å². The molecule has 0 spiro atoms. The zero-order valence-electron chi connectivity index (χ0n) is 5.46. The van der Waals surface area contributed by atoms with Crippen molar-refractivity contribution in [2.45, 2.75) is 12.8 Å². The van der Waals surface area contributed by atoms with Crippen molar-refractivity contribution in [1.29, 1.82) is 10.5 Å². The van der Waals surface area contributed by atoms with Crippen molar-refractivity contribution < 1.29 is 0 Å². The van der Waals surface area contributed by atoms with Crippen LogP contribution in [0.15, 0.2) is 23.3 Å². The number of nitriles is 2. The van der Waals surface area contributed by atoms with Gasteiger partial charge < -0.3 is 0 Å². The maximum atomic E-state index is 8.42. The van der Waals surface area contributed by atoms with Crippen LogP contribution in [0.5, 0.6) is 0 Å². The largest absolute Gasteiger partial charge is 0.192 e. The second-order valence-electron chi connectivity index (χ2n) is 2.06. The van der Waals surface area contributed by atoms with E-state index in [9.17, 15) is 0 Å². The van der Waals surface area contributed by atoms with Crippen molar-refractivity contribution in [2.24, 2.45) is 0 Å². The molecule has 0 aliphatic heterocycles. The topological polar surface area (TPSA) is 47.6 Å². The molecule has 10 heavy (non-hydrogen) atoms. The molecule has 0 unspecified atom stereocenters. The third-order valence-corrected chi connectivity index (χ3v) is 1.44. The summed E-state index contributed by atoms with van der Waals surface area (Å²) in [5.74, 6) is 0. The van der Waals surface area contributed by atoms with E-state index in [0.717, 1.165) is 18.4 Å². The predicted octanol–water partition coefficient (Wildman–Crippen LogP) is 1.68. The Hall–Kier alpha value is -1.54. The van der Waals surface area contributed by atoms with Crippen LogP contribution in [0.1, 0.15) is 12.8 Å². The Kier molecular flexibility index (Phi) is 1.87. The highest BCUT2D eigenvalue weighted by Crippen LogP contribution is 2.18. The van der Waals surface area contributed by atoms with Gasteiger partial charge in [0.25, 0.3) is 0 Å². The first-order chi connectivity index (χ1) is 4.88. The minimum absolute atomic E-state index is 0.258. The molecule has 0 aromatic heterocycles. The van der Waals surface area contributed by atoms with Gasteiger partial charge in [-0.3, -0.25) is 0 Å². The Morgan fingerprint density at radius 2 is 2.10 bits per heavy atom. The lowest BCUT2D eigenvalue weighted by Gasteiger charge is -1.88. The van der Waals surface area contributed by atoms with Gasteiger partial charge in [-0.05, 0) is 18.4 Å². The van der Waals surface area contributed by atoms with Crippen molar-refractivity contribution >= 4 is 0 Å². The maximum absolute atomic E-state index is 8.42. The summed E-state index contributed by atoms with van der Waals surface area (Å²) in [6, 6.07) is 3.72. The van der Waals surface area contributed by atoms with Gasteiger partial charge in [-0.15, -0.1) is 0 Å². The second-order valence-corrected chi connectivity index (χ2v) is 2.06. The molecule has 0 heterocycles. The lowest BCUT2D eigenvalue weighted by Crippen LogP contribution is -1.79. The first kappa shape index (κ1) is 6.58. The first-order valence-corrected chi connectivity index (χ1v) is 3.08. The number of hydrogen-bond acceptors (Lipinski definition) is 2. The molecular weight excluding hydrogens is 124 g/mol. The lowest BCUT2D eigenvalue weighted by molar-refractivity contribution is 1.06. The van der Waals surface area contributed by atoms with Gasteiger partial charge in [0.05, 0.1) is 0 Å². The van der Waals surface area contributed by atoms with Crippen LogP contribution < -0.4 is 0 Å². The van der Waals surface area contributed by atoms with Crippen LogP contribution in [0.2, 0.25) is 0 Å². The van der Waals surface area contributed by atoms with Crippen LogP contribution in [-0.2, 0) is 0 Å². The Bertz CT molecular complexity index is 255. The molecule has 0 aromatic carbocycles. The average Bonchev–Trinajstić information content (AvgIpc) is 2.43. The first-order valence-electron chi connectivity index (χ1n) is 3.08. The number of hydrogen-bond donors (Lipinski definition) is 0. The molecular formula is C8H6N2. The van der Waals surface area contributed by atoms with Crippen molar-refractivity contribution in [3.8, 4) is 12.1 Å². The molecule has 0 amide bonds. The fourth-order valence-electron chi connectivity index (χ4n) is 0.925. The summed E-state index contributed by atoms with van der Waals surface area (Å²) in [6.45, 7) is 0. The Morgan fingerprint density at radius 1 is 1.40 bits per heavy atom. The maximum Gasteiger partial charge on any atom is 0.132 e. The van der Waals surface area contributed by atoms with E-state index >= 15 is 0 Å². The van der Waals surface area contributed by atoms with Crippen molar-refractivity contribution in [1.82, 2.24) is 0 Å². The summed E-state index contributed by atoms with van der Waals surface area (Å²) < 4.78 is 0. The van der Waals surface area contributed by atoms with Gasteiger partial charge in [0.15, 0.2) is 0 Å². The summed E-state index contributed by atoms with van der Waals surface area (Å²) in [4.78, 5) is 0. The highest BCUT2D eigenvalue weighted by atomic mass is 14.3. The third kappa shape index (κ3) is 1.06. The van der Waals surface area contributed by atoms with Gasteiger partial charge >= 0.3 is 0 Å². The van der Waals surface area contributed by atoms with E-state index in [2.05, 4.69) is 0 Å². The minimum atomic E-state index is 0.258. The van der Waals surface area contributed by atoms with Gasteiger partial charge in [-0.2, -0.15) is 10.5 Å².